The molecule has 2 rings (SSSR count). The first-order valence-corrected chi connectivity index (χ1v) is 4.24. The van der Waals surface area contributed by atoms with Gasteiger partial charge in [-0.25, -0.2) is 9.97 Å². The quantitative estimate of drug-likeness (QED) is 0.779. The molecule has 0 bridgehead atoms. The third kappa shape index (κ3) is 1.54. The number of rotatable bonds is 2. The fourth-order valence-corrected chi connectivity index (χ4v) is 1.14. The molecule has 4 nitrogen and oxygen atoms in total. The van der Waals surface area contributed by atoms with Crippen molar-refractivity contribution in [3.8, 4) is 11.3 Å². The van der Waals surface area contributed by atoms with E-state index in [2.05, 4.69) is 26.7 Å². The second-order valence-corrected chi connectivity index (χ2v) is 3.06. The topological polar surface area (TPSA) is 54.5 Å². The van der Waals surface area contributed by atoms with Crippen LogP contribution >= 0.6 is 0 Å². The van der Waals surface area contributed by atoms with Crippen molar-refractivity contribution >= 4 is 5.57 Å². The third-order valence-electron chi connectivity index (χ3n) is 1.90. The first-order chi connectivity index (χ1) is 6.77. The lowest BCUT2D eigenvalue weighted by Crippen LogP contribution is -1.89. The summed E-state index contributed by atoms with van der Waals surface area (Å²) in [6, 6.07) is 1.90. The molecule has 2 aromatic heterocycles. The van der Waals surface area contributed by atoms with Crippen LogP contribution in [0.25, 0.3) is 16.8 Å². The number of allylic oxidation sites excluding steroid dienone is 1. The Labute approximate surface area is 81.7 Å². The van der Waals surface area contributed by atoms with Crippen LogP contribution in [0.3, 0.4) is 0 Å². The average molecular weight is 186 g/mol. The standard InChI is InChI=1S/C10H10N4/c1-7(2)9-3-10(12-6-11-9)8-4-13-14-5-8/h3-6H,1H2,2H3,(H,13,14). The minimum absolute atomic E-state index is 0.853. The molecule has 0 spiro atoms. The summed E-state index contributed by atoms with van der Waals surface area (Å²) in [5.41, 5.74) is 3.59. The Balaban J connectivity index is 2.46. The molecular formula is C10H10N4. The maximum atomic E-state index is 4.15. The van der Waals surface area contributed by atoms with Gasteiger partial charge < -0.3 is 0 Å². The van der Waals surface area contributed by atoms with Crippen molar-refractivity contribution in [1.82, 2.24) is 20.2 Å². The normalized spacial score (nSPS) is 10.1. The Morgan fingerprint density at radius 2 is 2.29 bits per heavy atom. The smallest absolute Gasteiger partial charge is 0.116 e. The Morgan fingerprint density at radius 3 is 2.93 bits per heavy atom. The van der Waals surface area contributed by atoms with Crippen LogP contribution in [0, 0.1) is 0 Å². The Kier molecular flexibility index (Phi) is 2.10. The summed E-state index contributed by atoms with van der Waals surface area (Å²) < 4.78 is 0. The molecule has 0 radical (unpaired) electrons. The van der Waals surface area contributed by atoms with Crippen molar-refractivity contribution < 1.29 is 0 Å². The maximum Gasteiger partial charge on any atom is 0.116 e. The largest absolute Gasteiger partial charge is 0.285 e. The molecule has 1 N–H and O–H groups in total. The van der Waals surface area contributed by atoms with Gasteiger partial charge in [0.2, 0.25) is 0 Å². The zero-order valence-electron chi connectivity index (χ0n) is 7.86. The van der Waals surface area contributed by atoms with Crippen molar-refractivity contribution in [3.63, 3.8) is 0 Å². The molecule has 0 saturated carbocycles. The molecule has 0 aliphatic heterocycles. The van der Waals surface area contributed by atoms with E-state index in [1.807, 2.05) is 13.0 Å². The minimum atomic E-state index is 0.853. The molecule has 2 heterocycles. The van der Waals surface area contributed by atoms with Gasteiger partial charge in [0.15, 0.2) is 0 Å². The highest BCUT2D eigenvalue weighted by molar-refractivity contribution is 5.64. The summed E-state index contributed by atoms with van der Waals surface area (Å²) in [7, 11) is 0. The Bertz CT molecular complexity index is 445. The van der Waals surface area contributed by atoms with Gasteiger partial charge in [-0.1, -0.05) is 6.58 Å². The van der Waals surface area contributed by atoms with Gasteiger partial charge in [0.25, 0.3) is 0 Å². The summed E-state index contributed by atoms with van der Waals surface area (Å²) in [6.45, 7) is 5.75. The van der Waals surface area contributed by atoms with Gasteiger partial charge >= 0.3 is 0 Å². The monoisotopic (exact) mass is 186 g/mol. The summed E-state index contributed by atoms with van der Waals surface area (Å²) in [6.07, 6.45) is 5.06. The predicted octanol–water partition coefficient (Wildman–Crippen LogP) is 1.90. The lowest BCUT2D eigenvalue weighted by atomic mass is 10.2. The van der Waals surface area contributed by atoms with Gasteiger partial charge in [0, 0.05) is 11.8 Å². The average Bonchev–Trinajstić information content (AvgIpc) is 2.71. The van der Waals surface area contributed by atoms with Gasteiger partial charge in [-0.15, -0.1) is 0 Å². The van der Waals surface area contributed by atoms with Crippen LogP contribution < -0.4 is 0 Å². The van der Waals surface area contributed by atoms with Crippen LogP contribution in [-0.2, 0) is 0 Å². The van der Waals surface area contributed by atoms with Crippen LogP contribution in [0.15, 0.2) is 31.4 Å². The van der Waals surface area contributed by atoms with E-state index >= 15 is 0 Å². The first-order valence-electron chi connectivity index (χ1n) is 4.24. The molecule has 2 aromatic rings. The number of H-pyrrole nitrogens is 1. The van der Waals surface area contributed by atoms with Crippen LogP contribution in [0.2, 0.25) is 0 Å². The molecule has 0 amide bonds. The van der Waals surface area contributed by atoms with Crippen molar-refractivity contribution in [2.45, 2.75) is 6.92 Å². The van der Waals surface area contributed by atoms with Gasteiger partial charge in [0.05, 0.1) is 17.6 Å². The molecule has 0 aromatic carbocycles. The molecule has 14 heavy (non-hydrogen) atoms. The van der Waals surface area contributed by atoms with E-state index in [0.717, 1.165) is 22.5 Å². The molecule has 0 saturated heterocycles. The first kappa shape index (κ1) is 8.62. The van der Waals surface area contributed by atoms with Crippen molar-refractivity contribution in [1.29, 1.82) is 0 Å². The molecule has 0 atom stereocenters. The van der Waals surface area contributed by atoms with Crippen LogP contribution in [0.4, 0.5) is 0 Å². The highest BCUT2D eigenvalue weighted by atomic mass is 15.1. The second-order valence-electron chi connectivity index (χ2n) is 3.06. The van der Waals surface area contributed by atoms with Crippen LogP contribution in [0.5, 0.6) is 0 Å². The van der Waals surface area contributed by atoms with Crippen molar-refractivity contribution in [3.05, 3.63) is 37.1 Å². The van der Waals surface area contributed by atoms with Gasteiger partial charge in [-0.3, -0.25) is 5.10 Å². The lowest BCUT2D eigenvalue weighted by molar-refractivity contribution is 1.09. The number of hydrogen-bond acceptors (Lipinski definition) is 3. The molecule has 0 aliphatic rings. The highest BCUT2D eigenvalue weighted by Gasteiger charge is 2.02. The molecule has 0 aliphatic carbocycles. The zero-order chi connectivity index (χ0) is 9.97. The summed E-state index contributed by atoms with van der Waals surface area (Å²) in [5, 5.41) is 6.61. The van der Waals surface area contributed by atoms with Gasteiger partial charge in [-0.2, -0.15) is 5.10 Å². The third-order valence-corrected chi connectivity index (χ3v) is 1.90. The van der Waals surface area contributed by atoms with Gasteiger partial charge in [-0.05, 0) is 18.6 Å². The highest BCUT2D eigenvalue weighted by Crippen LogP contribution is 2.17. The lowest BCUT2D eigenvalue weighted by Gasteiger charge is -2.00. The molecule has 70 valence electrons. The Hall–Kier alpha value is -1.97. The fourth-order valence-electron chi connectivity index (χ4n) is 1.14. The van der Waals surface area contributed by atoms with E-state index < -0.39 is 0 Å². The number of nitrogens with zero attached hydrogens (tertiary/aromatic N) is 3. The van der Waals surface area contributed by atoms with E-state index in [4.69, 9.17) is 0 Å². The number of aromatic amines is 1. The summed E-state index contributed by atoms with van der Waals surface area (Å²) in [4.78, 5) is 8.26. The van der Waals surface area contributed by atoms with Crippen molar-refractivity contribution in [2.24, 2.45) is 0 Å². The SMILES string of the molecule is C=C(C)c1cc(-c2cn[nH]c2)ncn1. The van der Waals surface area contributed by atoms with E-state index in [0.29, 0.717) is 0 Å². The predicted molar refractivity (Wildman–Crippen MR) is 54.3 cm³/mol. The minimum Gasteiger partial charge on any atom is -0.285 e. The van der Waals surface area contributed by atoms with E-state index in [9.17, 15) is 0 Å². The molecule has 4 heteroatoms. The number of aromatic nitrogens is 4. The molecular weight excluding hydrogens is 176 g/mol. The maximum absolute atomic E-state index is 4.15. The van der Waals surface area contributed by atoms with E-state index in [-0.39, 0.29) is 0 Å². The van der Waals surface area contributed by atoms with Crippen LogP contribution in [-0.4, -0.2) is 20.2 Å². The molecule has 0 fully saturated rings. The van der Waals surface area contributed by atoms with Crippen LogP contribution in [0.1, 0.15) is 12.6 Å². The van der Waals surface area contributed by atoms with Crippen molar-refractivity contribution in [2.75, 3.05) is 0 Å². The fraction of sp³-hybridized carbons (Fsp3) is 0.100. The number of hydrogen-bond donors (Lipinski definition) is 1. The second kappa shape index (κ2) is 3.41. The van der Waals surface area contributed by atoms with E-state index in [1.54, 1.807) is 12.4 Å². The van der Waals surface area contributed by atoms with Gasteiger partial charge in [0.1, 0.15) is 6.33 Å². The molecule has 0 unspecified atom stereocenters. The summed E-state index contributed by atoms with van der Waals surface area (Å²) in [5.74, 6) is 0. The van der Waals surface area contributed by atoms with E-state index in [1.165, 1.54) is 6.33 Å². The zero-order valence-corrected chi connectivity index (χ0v) is 7.86. The number of nitrogens with one attached hydrogen (secondary N) is 1. The Morgan fingerprint density at radius 1 is 1.43 bits per heavy atom. The summed E-state index contributed by atoms with van der Waals surface area (Å²) >= 11 is 0.